The average Bonchev–Trinajstić information content (AvgIpc) is 2.36. The Morgan fingerprint density at radius 3 is 2.63 bits per heavy atom. The highest BCUT2D eigenvalue weighted by molar-refractivity contribution is 5.65. The third kappa shape index (κ3) is 3.63. The van der Waals surface area contributed by atoms with E-state index in [0.29, 0.717) is 0 Å². The molecule has 0 amide bonds. The molecule has 1 aromatic rings. The van der Waals surface area contributed by atoms with Crippen molar-refractivity contribution in [3.8, 4) is 0 Å². The molecule has 0 bridgehead atoms. The highest BCUT2D eigenvalue weighted by atomic mass is 16.6. The van der Waals surface area contributed by atoms with E-state index in [9.17, 15) is 20.2 Å². The Morgan fingerprint density at radius 2 is 2.11 bits per heavy atom. The Kier molecular flexibility index (Phi) is 4.31. The number of nitro benzene ring substituents is 2. The van der Waals surface area contributed by atoms with E-state index >= 15 is 0 Å². The number of non-ortho nitro benzene ring substituents is 1. The summed E-state index contributed by atoms with van der Waals surface area (Å²) in [6.07, 6.45) is 0.740. The maximum atomic E-state index is 10.8. The maximum absolute atomic E-state index is 10.8. The first-order chi connectivity index (χ1) is 8.95. The molecule has 98 valence electrons. The van der Waals surface area contributed by atoms with Crippen molar-refractivity contribution in [1.82, 2.24) is 0 Å². The minimum atomic E-state index is -0.785. The number of aliphatic hydroxyl groups is 1. The predicted octanol–water partition coefficient (Wildman–Crippen LogP) is 2.17. The summed E-state index contributed by atoms with van der Waals surface area (Å²) in [5.74, 6) is -0.366. The van der Waals surface area contributed by atoms with Crippen molar-refractivity contribution < 1.29 is 15.0 Å². The van der Waals surface area contributed by atoms with Crippen LogP contribution in [0.2, 0.25) is 0 Å². The fraction of sp³-hybridized carbons (Fsp3) is 0.111. The first-order valence-corrected chi connectivity index (χ1v) is 4.84. The summed E-state index contributed by atoms with van der Waals surface area (Å²) >= 11 is 0. The quantitative estimate of drug-likeness (QED) is 0.359. The van der Waals surface area contributed by atoms with Crippen LogP contribution in [0.5, 0.6) is 0 Å². The second-order valence-electron chi connectivity index (χ2n) is 3.31. The molecule has 0 aliphatic heterocycles. The summed E-state index contributed by atoms with van der Waals surface area (Å²) in [6, 6.07) is 3.05. The van der Waals surface area contributed by atoms with Gasteiger partial charge in [-0.2, -0.15) is 0 Å². The molecular formula is C9H8N5O5+. The number of anilines is 1. The van der Waals surface area contributed by atoms with Gasteiger partial charge in [0.1, 0.15) is 5.69 Å². The van der Waals surface area contributed by atoms with Gasteiger partial charge in [0.25, 0.3) is 11.4 Å². The number of nitro groups is 2. The minimum Gasteiger partial charge on any atom is -0.504 e. The lowest BCUT2D eigenvalue weighted by Crippen LogP contribution is -2.06. The Bertz CT molecular complexity index is 591. The van der Waals surface area contributed by atoms with E-state index in [-0.39, 0.29) is 18.0 Å². The van der Waals surface area contributed by atoms with Crippen LogP contribution < -0.4 is 5.32 Å². The van der Waals surface area contributed by atoms with E-state index in [0.717, 1.165) is 24.4 Å². The SMILES string of the molecule is N#[N+]/C=C(/O)CNc1ccc([N+](=O)[O-])cc1[N+](=O)[O-]. The molecule has 0 heterocycles. The van der Waals surface area contributed by atoms with Crippen LogP contribution in [0.4, 0.5) is 17.1 Å². The molecule has 0 saturated carbocycles. The number of benzene rings is 1. The van der Waals surface area contributed by atoms with Crippen LogP contribution in [0, 0.1) is 25.6 Å². The van der Waals surface area contributed by atoms with Gasteiger partial charge >= 0.3 is 6.20 Å². The number of hydrogen-bond acceptors (Lipinski definition) is 7. The highest BCUT2D eigenvalue weighted by Crippen LogP contribution is 2.28. The first kappa shape index (κ1) is 13.8. The molecule has 0 radical (unpaired) electrons. The Morgan fingerprint density at radius 1 is 1.42 bits per heavy atom. The summed E-state index contributed by atoms with van der Waals surface area (Å²) in [6.45, 7) is -0.233. The Hall–Kier alpha value is -3.22. The minimum absolute atomic E-state index is 0.00603. The third-order valence-corrected chi connectivity index (χ3v) is 2.06. The van der Waals surface area contributed by atoms with Gasteiger partial charge in [-0.05, 0) is 6.07 Å². The maximum Gasteiger partial charge on any atom is 0.389 e. The zero-order valence-electron chi connectivity index (χ0n) is 9.39. The predicted molar refractivity (Wildman–Crippen MR) is 64.0 cm³/mol. The molecule has 0 atom stereocenters. The van der Waals surface area contributed by atoms with E-state index in [1.807, 2.05) is 0 Å². The van der Waals surface area contributed by atoms with Gasteiger partial charge < -0.3 is 10.4 Å². The summed E-state index contributed by atoms with van der Waals surface area (Å²) in [5.41, 5.74) is -0.918. The zero-order valence-corrected chi connectivity index (χ0v) is 9.39. The van der Waals surface area contributed by atoms with Crippen LogP contribution in [-0.4, -0.2) is 21.5 Å². The number of nitrogens with one attached hydrogen (secondary N) is 1. The standard InChI is InChI=1S/C9H7N5O5/c10-12-5-7(15)4-11-8-2-1-6(13(16)17)3-9(8)14(18)19/h1-3,5,11H,4H2/p+1/b7-5+. The lowest BCUT2D eigenvalue weighted by atomic mass is 10.2. The van der Waals surface area contributed by atoms with Crippen molar-refractivity contribution in [2.24, 2.45) is 0 Å². The topological polar surface area (TPSA) is 147 Å². The number of hydrogen-bond donors (Lipinski definition) is 2. The molecule has 1 aromatic carbocycles. The van der Waals surface area contributed by atoms with Gasteiger partial charge in [-0.15, -0.1) is 0 Å². The molecule has 0 saturated heterocycles. The fourth-order valence-corrected chi connectivity index (χ4v) is 1.23. The molecule has 0 fully saturated rings. The van der Waals surface area contributed by atoms with Crippen molar-refractivity contribution in [2.45, 2.75) is 0 Å². The molecule has 10 heteroatoms. The van der Waals surface area contributed by atoms with Gasteiger partial charge in [-0.1, -0.05) is 0 Å². The molecule has 19 heavy (non-hydrogen) atoms. The molecule has 0 spiro atoms. The van der Waals surface area contributed by atoms with Crippen molar-refractivity contribution in [2.75, 3.05) is 11.9 Å². The van der Waals surface area contributed by atoms with E-state index in [1.165, 1.54) is 0 Å². The molecule has 0 aliphatic rings. The number of aliphatic hydroxyl groups excluding tert-OH is 1. The lowest BCUT2D eigenvalue weighted by Gasteiger charge is -2.04. The molecule has 10 nitrogen and oxygen atoms in total. The zero-order chi connectivity index (χ0) is 14.4. The third-order valence-electron chi connectivity index (χ3n) is 2.06. The van der Waals surface area contributed by atoms with Crippen molar-refractivity contribution in [3.05, 3.63) is 55.4 Å². The smallest absolute Gasteiger partial charge is 0.389 e. The van der Waals surface area contributed by atoms with E-state index < -0.39 is 21.2 Å². The molecule has 1 rings (SSSR count). The van der Waals surface area contributed by atoms with Crippen molar-refractivity contribution in [3.63, 3.8) is 0 Å². The van der Waals surface area contributed by atoms with Gasteiger partial charge in [0.05, 0.1) is 22.5 Å². The fourth-order valence-electron chi connectivity index (χ4n) is 1.23. The molecular weight excluding hydrogens is 258 g/mol. The van der Waals surface area contributed by atoms with Crippen LogP contribution in [0.3, 0.4) is 0 Å². The molecule has 0 unspecified atom stereocenters. The largest absolute Gasteiger partial charge is 0.504 e. The van der Waals surface area contributed by atoms with Crippen molar-refractivity contribution in [1.29, 1.82) is 5.39 Å². The van der Waals surface area contributed by atoms with Gasteiger partial charge in [0.2, 0.25) is 5.39 Å². The van der Waals surface area contributed by atoms with E-state index in [4.69, 9.17) is 10.5 Å². The summed E-state index contributed by atoms with van der Waals surface area (Å²) in [5, 5.41) is 41.1. The van der Waals surface area contributed by atoms with Crippen LogP contribution in [0.1, 0.15) is 0 Å². The normalized spacial score (nSPS) is 10.6. The van der Waals surface area contributed by atoms with Crippen LogP contribution in [0.15, 0.2) is 30.2 Å². The van der Waals surface area contributed by atoms with Gasteiger partial charge in [-0.25, -0.2) is 0 Å². The van der Waals surface area contributed by atoms with E-state index in [2.05, 4.69) is 10.3 Å². The van der Waals surface area contributed by atoms with Gasteiger partial charge in [-0.3, -0.25) is 20.2 Å². The number of rotatable bonds is 5. The van der Waals surface area contributed by atoms with Crippen LogP contribution in [-0.2, 0) is 0 Å². The summed E-state index contributed by atoms with van der Waals surface area (Å²) in [4.78, 5) is 22.3. The number of diazo groups is 1. The van der Waals surface area contributed by atoms with Crippen LogP contribution in [0.25, 0.3) is 4.98 Å². The average molecular weight is 266 g/mol. The van der Waals surface area contributed by atoms with Gasteiger partial charge in [0.15, 0.2) is 10.7 Å². The summed E-state index contributed by atoms with van der Waals surface area (Å²) < 4.78 is 0. The number of nitrogens with zero attached hydrogens (tertiary/aromatic N) is 4. The monoisotopic (exact) mass is 266 g/mol. The van der Waals surface area contributed by atoms with Crippen LogP contribution >= 0.6 is 0 Å². The Labute approximate surface area is 105 Å². The highest BCUT2D eigenvalue weighted by Gasteiger charge is 2.19. The first-order valence-electron chi connectivity index (χ1n) is 4.84. The Balaban J connectivity index is 3.01. The van der Waals surface area contributed by atoms with E-state index in [1.54, 1.807) is 0 Å². The lowest BCUT2D eigenvalue weighted by molar-refractivity contribution is -0.393. The molecule has 0 aromatic heterocycles. The second-order valence-corrected chi connectivity index (χ2v) is 3.31. The second kappa shape index (κ2) is 5.92. The molecule has 2 N–H and O–H groups in total. The van der Waals surface area contributed by atoms with Gasteiger partial charge in [0, 0.05) is 6.07 Å². The summed E-state index contributed by atoms with van der Waals surface area (Å²) in [7, 11) is 0. The molecule has 0 aliphatic carbocycles. The van der Waals surface area contributed by atoms with Crippen molar-refractivity contribution >= 4 is 17.1 Å².